The van der Waals surface area contributed by atoms with Gasteiger partial charge >= 0.3 is 65.1 Å². The average Bonchev–Trinajstić information content (AvgIpc) is 3.92. The van der Waals surface area contributed by atoms with Crippen LogP contribution in [-0.4, -0.2) is 94.2 Å². The van der Waals surface area contributed by atoms with E-state index in [1.165, 1.54) is 37.6 Å². The van der Waals surface area contributed by atoms with Gasteiger partial charge in [-0.25, -0.2) is 13.6 Å². The number of piperidine rings is 1. The first-order valence-electron chi connectivity index (χ1n) is 21.0. The van der Waals surface area contributed by atoms with Crippen molar-refractivity contribution in [3.8, 4) is 5.75 Å². The number of benzene rings is 1. The van der Waals surface area contributed by atoms with Crippen LogP contribution < -0.4 is 89.3 Å². The monoisotopic (exact) mass is 953 g/mol. The molecule has 7 aliphatic rings. The molecule has 4 N–H and O–H groups in total. The quantitative estimate of drug-likeness (QED) is 0.159. The summed E-state index contributed by atoms with van der Waals surface area (Å²) >= 11 is 0. The second-order valence-corrected chi connectivity index (χ2v) is 19.8. The largest absolute Gasteiger partial charge is 1.00 e. The molecule has 1 aromatic heterocycles. The molecule has 2 saturated heterocycles. The Morgan fingerprint density at radius 1 is 1.09 bits per heavy atom. The SMILES string of the molecule is COc1c(N2C[C@@H]3CCCN[C@@H]3C2)c(F)cc2c(=O)c(C(=O)O)cn(C3CC3)c12.C[C@@H]1C[C@H]2[C@@H]3CCC4=CC(=O)C=C[C@]4(C)[C@@]3(F)[C@@H](O)C[C@]2(C)[C@@]1(O)C(=O)COP(=O)([O-])[O-].Cl.[Na+].[Na+]. The van der Waals surface area contributed by atoms with E-state index >= 15 is 8.78 Å². The molecule has 3 heterocycles. The van der Waals surface area contributed by atoms with Crippen LogP contribution >= 0.6 is 20.2 Å². The molecule has 1 aromatic carbocycles. The van der Waals surface area contributed by atoms with Gasteiger partial charge in [-0.3, -0.25) is 14.4 Å². The minimum absolute atomic E-state index is 0. The zero-order valence-electron chi connectivity index (χ0n) is 36.9. The van der Waals surface area contributed by atoms with Gasteiger partial charge in [-0.2, -0.15) is 0 Å². The number of allylic oxidation sites excluding steroid dienone is 4. The van der Waals surface area contributed by atoms with E-state index in [4.69, 9.17) is 4.74 Å². The number of fused-ring (bicyclic) bond motifs is 7. The Hall–Kier alpha value is -1.54. The van der Waals surface area contributed by atoms with E-state index in [0.717, 1.165) is 38.8 Å². The molecule has 2 aromatic rings. The molecular formula is C43H53ClF2N3Na2O12P. The number of hydrogen-bond donors (Lipinski definition) is 4. The fraction of sp³-hybridized carbons (Fsp3) is 0.628. The fourth-order valence-corrected chi connectivity index (χ4v) is 12.6. The minimum Gasteiger partial charge on any atom is -0.790 e. The normalized spacial score (nSPS) is 34.9. The number of carbonyl (C=O) groups excluding carboxylic acids is 2. The number of phosphoric acid groups is 1. The van der Waals surface area contributed by atoms with Crippen LogP contribution in [0.2, 0.25) is 0 Å². The molecule has 0 bridgehead atoms. The molecule has 21 heteroatoms. The molecule has 0 amide bonds. The maximum Gasteiger partial charge on any atom is 1.00 e. The number of halogens is 3. The third-order valence-electron chi connectivity index (χ3n) is 15.5. The van der Waals surface area contributed by atoms with Crippen LogP contribution in [0.4, 0.5) is 14.5 Å². The van der Waals surface area contributed by atoms with Gasteiger partial charge in [0.25, 0.3) is 0 Å². The summed E-state index contributed by atoms with van der Waals surface area (Å²) < 4.78 is 54.8. The van der Waals surface area contributed by atoms with Gasteiger partial charge < -0.3 is 53.7 Å². The van der Waals surface area contributed by atoms with Crippen LogP contribution in [-0.2, 0) is 18.7 Å². The summed E-state index contributed by atoms with van der Waals surface area (Å²) in [5, 5.41) is 35.8. The van der Waals surface area contributed by atoms with Crippen molar-refractivity contribution in [3.63, 3.8) is 0 Å². The molecule has 340 valence electrons. The van der Waals surface area contributed by atoms with Gasteiger partial charge in [-0.15, -0.1) is 12.4 Å². The Kier molecular flexibility index (Phi) is 15.9. The average molecular weight is 954 g/mol. The number of phosphoric ester groups is 1. The van der Waals surface area contributed by atoms with E-state index in [0.29, 0.717) is 53.9 Å². The molecule has 9 rings (SSSR count). The van der Waals surface area contributed by atoms with Gasteiger partial charge in [0, 0.05) is 48.1 Å². The number of nitrogens with one attached hydrogen (secondary N) is 1. The minimum atomic E-state index is -5.43. The number of aromatic carboxylic acids is 1. The van der Waals surface area contributed by atoms with Crippen molar-refractivity contribution in [2.45, 2.75) is 102 Å². The van der Waals surface area contributed by atoms with Crippen LogP contribution in [0.3, 0.4) is 0 Å². The van der Waals surface area contributed by atoms with E-state index in [9.17, 15) is 48.8 Å². The van der Waals surface area contributed by atoms with Crippen LogP contribution in [0.25, 0.3) is 10.9 Å². The predicted molar refractivity (Wildman–Crippen MR) is 220 cm³/mol. The van der Waals surface area contributed by atoms with Gasteiger partial charge in [-0.1, -0.05) is 25.5 Å². The molecule has 4 saturated carbocycles. The number of aromatic nitrogens is 1. The molecule has 10 atom stereocenters. The van der Waals surface area contributed by atoms with Gasteiger partial charge in [0.15, 0.2) is 28.8 Å². The van der Waals surface area contributed by atoms with Crippen molar-refractivity contribution < 1.29 is 121 Å². The first-order valence-corrected chi connectivity index (χ1v) is 22.5. The molecule has 5 aliphatic carbocycles. The Labute approximate surface area is 420 Å². The predicted octanol–water partition coefficient (Wildman–Crippen LogP) is -2.45. The van der Waals surface area contributed by atoms with Gasteiger partial charge in [0.05, 0.1) is 31.9 Å². The number of pyridine rings is 1. The Bertz CT molecular complexity index is 2370. The van der Waals surface area contributed by atoms with Crippen molar-refractivity contribution in [3.05, 3.63) is 57.7 Å². The summed E-state index contributed by atoms with van der Waals surface area (Å²) in [7, 11) is -3.95. The number of alkyl halides is 1. The van der Waals surface area contributed by atoms with Crippen molar-refractivity contribution >= 4 is 54.4 Å². The maximum atomic E-state index is 17.0. The molecule has 64 heavy (non-hydrogen) atoms. The molecule has 6 fully saturated rings. The molecule has 2 aliphatic heterocycles. The van der Waals surface area contributed by atoms with Crippen LogP contribution in [0, 0.1) is 40.3 Å². The van der Waals surface area contributed by atoms with E-state index < -0.39 is 83.4 Å². The number of carbonyl (C=O) groups is 3. The summed E-state index contributed by atoms with van der Waals surface area (Å²) in [6.07, 6.45) is 8.94. The first kappa shape index (κ1) is 53.4. The van der Waals surface area contributed by atoms with Crippen LogP contribution in [0.1, 0.15) is 88.5 Å². The zero-order valence-corrected chi connectivity index (χ0v) is 42.6. The molecule has 15 nitrogen and oxygen atoms in total. The number of carboxylic acids is 1. The number of aliphatic hydroxyl groups is 2. The van der Waals surface area contributed by atoms with Crippen LogP contribution in [0.15, 0.2) is 40.9 Å². The number of ether oxygens (including phenoxy) is 1. The first-order chi connectivity index (χ1) is 28.6. The third kappa shape index (κ3) is 8.51. The third-order valence-corrected chi connectivity index (χ3v) is 15.9. The summed E-state index contributed by atoms with van der Waals surface area (Å²) in [6, 6.07) is 1.62. The second kappa shape index (κ2) is 19.1. The van der Waals surface area contributed by atoms with E-state index in [1.807, 2.05) is 4.90 Å². The van der Waals surface area contributed by atoms with Crippen molar-refractivity contribution in [2.24, 2.45) is 34.5 Å². The molecular weight excluding hydrogens is 901 g/mol. The molecule has 0 unspecified atom stereocenters. The summed E-state index contributed by atoms with van der Waals surface area (Å²) in [5.41, 5.74) is -6.18. The number of anilines is 1. The number of methoxy groups -OCH3 is 1. The topological polar surface area (TPSA) is 231 Å². The van der Waals surface area contributed by atoms with E-state index in [-0.39, 0.29) is 107 Å². The summed E-state index contributed by atoms with van der Waals surface area (Å²) in [6.45, 7) is 6.20. The Morgan fingerprint density at radius 3 is 2.39 bits per heavy atom. The smallest absolute Gasteiger partial charge is 0.790 e. The zero-order chi connectivity index (χ0) is 44.2. The fourth-order valence-electron chi connectivity index (χ4n) is 12.3. The maximum absolute atomic E-state index is 17.0. The number of ketones is 2. The number of Topliss-reactive ketones (excluding diaryl/α,β-unsaturated/α-hetero) is 1. The van der Waals surface area contributed by atoms with Crippen molar-refractivity contribution in [1.29, 1.82) is 0 Å². The number of rotatable bonds is 8. The summed E-state index contributed by atoms with van der Waals surface area (Å²) in [4.78, 5) is 72.9. The standard InChI is InChI=1S/C22H30FO8P.C21H24FN3O4.ClH.2Na/c1-12-8-16-15-5-4-13-9-14(24)6-7-19(13,2)21(15,23)17(25)10-20(16,3)22(12,27)18(26)11-31-32(28,29)30;1-29-20-17-13(19(26)14(21(27)28)9-25(17)12-4-5-12)7-15(22)18(20)24-8-11-3-2-6-23-16(11)10-24;;;/h6-7,9,12,15-17,25,27H,4-5,8,10-11H2,1-3H3,(H2,28,29,30);7,9,11-12,16,23H,2-6,8,10H2,1H3,(H,27,28);1H;;/q;;;2*+1/p-2/t12-,15+,16+,17+,19+,20+,21+,22+;11-,16+;;;/m10.../s1. The Balaban J connectivity index is 0.000000231. The van der Waals surface area contributed by atoms with Gasteiger partial charge in [0.1, 0.15) is 23.5 Å². The number of nitrogens with zero attached hydrogens (tertiary/aromatic N) is 2. The second-order valence-electron chi connectivity index (χ2n) is 18.6. The number of hydrogen-bond acceptors (Lipinski definition) is 13. The van der Waals surface area contributed by atoms with E-state index in [2.05, 4.69) is 9.84 Å². The van der Waals surface area contributed by atoms with Gasteiger partial charge in [-0.05, 0) is 101 Å². The molecule has 0 radical (unpaired) electrons. The summed E-state index contributed by atoms with van der Waals surface area (Å²) in [5.74, 6) is -4.12. The number of carboxylic acid groups (broad SMARTS) is 1. The van der Waals surface area contributed by atoms with Gasteiger partial charge in [0.2, 0.25) is 5.43 Å². The van der Waals surface area contributed by atoms with E-state index in [1.54, 1.807) is 25.3 Å². The Morgan fingerprint density at radius 2 is 1.78 bits per heavy atom. The van der Waals surface area contributed by atoms with Crippen molar-refractivity contribution in [1.82, 2.24) is 9.88 Å². The number of aliphatic hydroxyl groups excluding tert-OH is 1. The van der Waals surface area contributed by atoms with Crippen molar-refractivity contribution in [2.75, 3.05) is 38.3 Å². The van der Waals surface area contributed by atoms with Crippen LogP contribution in [0.5, 0.6) is 5.75 Å². The molecule has 0 spiro atoms.